The molecule has 0 radical (unpaired) electrons. The molecule has 0 spiro atoms. The predicted octanol–water partition coefficient (Wildman–Crippen LogP) is 3.37. The molecule has 1 aliphatic rings. The van der Waals surface area contributed by atoms with Gasteiger partial charge in [-0.05, 0) is 50.2 Å². The van der Waals surface area contributed by atoms with E-state index < -0.39 is 18.0 Å². The van der Waals surface area contributed by atoms with Crippen LogP contribution in [0.1, 0.15) is 12.8 Å². The van der Waals surface area contributed by atoms with Gasteiger partial charge >= 0.3 is 0 Å². The maximum absolute atomic E-state index is 13.5. The van der Waals surface area contributed by atoms with Crippen molar-refractivity contribution in [1.29, 1.82) is 0 Å². The predicted molar refractivity (Wildman–Crippen MR) is 130 cm³/mol. The number of aliphatic hydroxyl groups excluding tert-OH is 2. The van der Waals surface area contributed by atoms with E-state index in [0.29, 0.717) is 34.6 Å². The van der Waals surface area contributed by atoms with E-state index in [1.807, 2.05) is 0 Å². The Kier molecular flexibility index (Phi) is 10.5. The van der Waals surface area contributed by atoms with Crippen LogP contribution in [0, 0.1) is 5.82 Å². The Morgan fingerprint density at radius 1 is 1.00 bits per heavy atom. The van der Waals surface area contributed by atoms with Gasteiger partial charge in [0, 0.05) is 31.3 Å². The van der Waals surface area contributed by atoms with Crippen molar-refractivity contribution in [2.24, 2.45) is 0 Å². The maximum atomic E-state index is 13.5. The fourth-order valence-corrected chi connectivity index (χ4v) is 4.00. The van der Waals surface area contributed by atoms with Crippen molar-refractivity contribution in [3.8, 4) is 17.2 Å². The Labute approximate surface area is 209 Å². The van der Waals surface area contributed by atoms with E-state index in [9.17, 15) is 14.6 Å². The lowest BCUT2D eigenvalue weighted by Gasteiger charge is -2.33. The summed E-state index contributed by atoms with van der Waals surface area (Å²) in [5.41, 5.74) is 0. The van der Waals surface area contributed by atoms with E-state index in [1.54, 1.807) is 18.2 Å². The molecule has 2 aromatic rings. The Bertz CT molecular complexity index is 915. The number of methoxy groups -OCH3 is 1. The SMILES string of the molecule is COc1cc(OC[C@@H](O)CNC2CCN(C[C@H](O)COc3ccc(Cl)c(Cl)c3)CC2)ccc1F. The van der Waals surface area contributed by atoms with Gasteiger partial charge in [-0.25, -0.2) is 4.39 Å². The molecule has 2 aromatic carbocycles. The van der Waals surface area contributed by atoms with Gasteiger partial charge in [-0.2, -0.15) is 0 Å². The van der Waals surface area contributed by atoms with Crippen LogP contribution < -0.4 is 19.5 Å². The van der Waals surface area contributed by atoms with Gasteiger partial charge in [0.05, 0.1) is 17.2 Å². The van der Waals surface area contributed by atoms with Crippen molar-refractivity contribution in [3.63, 3.8) is 0 Å². The molecule has 34 heavy (non-hydrogen) atoms. The number of nitrogens with zero attached hydrogens (tertiary/aromatic N) is 1. The minimum atomic E-state index is -0.700. The summed E-state index contributed by atoms with van der Waals surface area (Å²) in [6.45, 7) is 2.84. The minimum Gasteiger partial charge on any atom is -0.494 e. The maximum Gasteiger partial charge on any atom is 0.165 e. The van der Waals surface area contributed by atoms with E-state index in [4.69, 9.17) is 37.4 Å². The zero-order valence-electron chi connectivity index (χ0n) is 19.1. The average Bonchev–Trinajstić information content (AvgIpc) is 2.83. The van der Waals surface area contributed by atoms with Gasteiger partial charge in [0.1, 0.15) is 36.9 Å². The molecule has 0 bridgehead atoms. The van der Waals surface area contributed by atoms with E-state index in [-0.39, 0.29) is 25.0 Å². The summed E-state index contributed by atoms with van der Waals surface area (Å²) in [6.07, 6.45) is 0.490. The van der Waals surface area contributed by atoms with Gasteiger partial charge in [0.2, 0.25) is 0 Å². The average molecular weight is 517 g/mol. The summed E-state index contributed by atoms with van der Waals surface area (Å²) in [6, 6.07) is 9.50. The molecule has 3 N–H and O–H groups in total. The molecule has 2 atom stereocenters. The molecule has 0 aromatic heterocycles. The summed E-state index contributed by atoms with van der Waals surface area (Å²) in [5.74, 6) is 0.641. The second kappa shape index (κ2) is 13.3. The highest BCUT2D eigenvalue weighted by Crippen LogP contribution is 2.26. The molecule has 7 nitrogen and oxygen atoms in total. The monoisotopic (exact) mass is 516 g/mol. The van der Waals surface area contributed by atoms with E-state index >= 15 is 0 Å². The smallest absolute Gasteiger partial charge is 0.165 e. The molecule has 1 fully saturated rings. The largest absolute Gasteiger partial charge is 0.494 e. The number of halogens is 3. The highest BCUT2D eigenvalue weighted by atomic mass is 35.5. The van der Waals surface area contributed by atoms with Crippen LogP contribution >= 0.6 is 23.2 Å². The van der Waals surface area contributed by atoms with Crippen LogP contribution in [0.15, 0.2) is 36.4 Å². The number of likely N-dealkylation sites (tertiary alicyclic amines) is 1. The van der Waals surface area contributed by atoms with Crippen molar-refractivity contribution >= 4 is 23.2 Å². The van der Waals surface area contributed by atoms with E-state index in [2.05, 4.69) is 10.2 Å². The van der Waals surface area contributed by atoms with Gasteiger partial charge in [0.25, 0.3) is 0 Å². The third-order valence-corrected chi connectivity index (χ3v) is 6.34. The number of rotatable bonds is 12. The Hall–Kier alpha value is -1.81. The second-order valence-corrected chi connectivity index (χ2v) is 9.10. The summed E-state index contributed by atoms with van der Waals surface area (Å²) >= 11 is 11.9. The fourth-order valence-electron chi connectivity index (χ4n) is 3.71. The van der Waals surface area contributed by atoms with Crippen LogP contribution in [-0.4, -0.2) is 79.9 Å². The first-order chi connectivity index (χ1) is 16.3. The third kappa shape index (κ3) is 8.45. The van der Waals surface area contributed by atoms with Crippen LogP contribution in [0.4, 0.5) is 4.39 Å². The molecule has 1 saturated heterocycles. The van der Waals surface area contributed by atoms with Crippen molar-refractivity contribution in [3.05, 3.63) is 52.3 Å². The van der Waals surface area contributed by atoms with Gasteiger partial charge in [-0.1, -0.05) is 23.2 Å². The molecule has 10 heteroatoms. The number of β-amino-alcohol motifs (C(OH)–C–C–N with tert-alkyl or cyclic N) is 1. The minimum absolute atomic E-state index is 0.0889. The molecular weight excluding hydrogens is 486 g/mol. The molecule has 0 amide bonds. The summed E-state index contributed by atoms with van der Waals surface area (Å²) in [5, 5.41) is 24.8. The molecule has 1 heterocycles. The molecule has 0 unspecified atom stereocenters. The van der Waals surface area contributed by atoms with Crippen LogP contribution in [0.25, 0.3) is 0 Å². The number of hydrogen-bond acceptors (Lipinski definition) is 7. The molecule has 1 aliphatic heterocycles. The van der Waals surface area contributed by atoms with Gasteiger partial charge in [-0.15, -0.1) is 0 Å². The van der Waals surface area contributed by atoms with Crippen molar-refractivity contribution in [2.45, 2.75) is 31.1 Å². The number of piperidine rings is 1. The topological polar surface area (TPSA) is 83.4 Å². The standard InChI is InChI=1S/C24H31Cl2FN2O5/c1-32-24-11-20(3-5-23(24)27)33-14-17(30)12-28-16-6-8-29(9-7-16)13-18(31)15-34-19-2-4-21(25)22(26)10-19/h2-5,10-11,16-18,28,30-31H,6-9,12-15H2,1H3/t17-,18-/m0/s1. The number of nitrogens with one attached hydrogen (secondary N) is 1. The first kappa shape index (κ1) is 26.8. The number of hydrogen-bond donors (Lipinski definition) is 3. The molecular formula is C24H31Cl2FN2O5. The van der Waals surface area contributed by atoms with E-state index in [1.165, 1.54) is 25.3 Å². The van der Waals surface area contributed by atoms with Gasteiger partial charge in [0.15, 0.2) is 11.6 Å². The lowest BCUT2D eigenvalue weighted by atomic mass is 10.0. The lowest BCUT2D eigenvalue weighted by molar-refractivity contribution is 0.0556. The first-order valence-electron chi connectivity index (χ1n) is 11.2. The Morgan fingerprint density at radius 2 is 1.65 bits per heavy atom. The molecule has 188 valence electrons. The molecule has 0 saturated carbocycles. The van der Waals surface area contributed by atoms with Crippen molar-refractivity contribution in [1.82, 2.24) is 10.2 Å². The van der Waals surface area contributed by atoms with Crippen molar-refractivity contribution in [2.75, 3.05) is 46.5 Å². The fraction of sp³-hybridized carbons (Fsp3) is 0.500. The quantitative estimate of drug-likeness (QED) is 0.398. The van der Waals surface area contributed by atoms with Crippen LogP contribution in [0.5, 0.6) is 17.2 Å². The number of benzene rings is 2. The van der Waals surface area contributed by atoms with Crippen LogP contribution in [-0.2, 0) is 0 Å². The summed E-state index contributed by atoms with van der Waals surface area (Å²) in [7, 11) is 1.39. The first-order valence-corrected chi connectivity index (χ1v) is 12.0. The zero-order valence-corrected chi connectivity index (χ0v) is 20.6. The van der Waals surface area contributed by atoms with Crippen molar-refractivity contribution < 1.29 is 28.8 Å². The van der Waals surface area contributed by atoms with E-state index in [0.717, 1.165) is 25.9 Å². The highest BCUT2D eigenvalue weighted by molar-refractivity contribution is 6.42. The number of aliphatic hydroxyl groups is 2. The van der Waals surface area contributed by atoms with Crippen LogP contribution in [0.2, 0.25) is 10.0 Å². The zero-order chi connectivity index (χ0) is 24.5. The van der Waals surface area contributed by atoms with Gasteiger partial charge in [-0.3, -0.25) is 0 Å². The lowest BCUT2D eigenvalue weighted by Crippen LogP contribution is -2.47. The second-order valence-electron chi connectivity index (χ2n) is 8.29. The van der Waals surface area contributed by atoms with Crippen LogP contribution in [0.3, 0.4) is 0 Å². The molecule has 3 rings (SSSR count). The molecule has 0 aliphatic carbocycles. The Balaban J connectivity index is 1.29. The summed E-state index contributed by atoms with van der Waals surface area (Å²) in [4.78, 5) is 2.20. The third-order valence-electron chi connectivity index (χ3n) is 5.60. The number of ether oxygens (including phenoxy) is 3. The highest BCUT2D eigenvalue weighted by Gasteiger charge is 2.22. The van der Waals surface area contributed by atoms with Gasteiger partial charge < -0.3 is 34.6 Å². The summed E-state index contributed by atoms with van der Waals surface area (Å²) < 4.78 is 29.5. The Morgan fingerprint density at radius 3 is 2.32 bits per heavy atom. The normalized spacial score (nSPS) is 16.8.